The number of hydrogen-bond acceptors (Lipinski definition) is 4. The van der Waals surface area contributed by atoms with Crippen LogP contribution in [0, 0.1) is 0 Å². The maximum Gasteiger partial charge on any atom is 0.335 e. The number of allylic oxidation sites excluding steroid dienone is 1. The lowest BCUT2D eigenvalue weighted by molar-refractivity contribution is -0.139. The molecule has 4 rings (SSSR count). The molecule has 2 aliphatic rings. The number of amides is 2. The van der Waals surface area contributed by atoms with Gasteiger partial charge in [-0.2, -0.15) is 0 Å². The molecule has 6 nitrogen and oxygen atoms in total. The molecule has 0 aliphatic carbocycles. The van der Waals surface area contributed by atoms with Crippen LogP contribution in [0.3, 0.4) is 0 Å². The molecular formula is C28H30N2O4. The van der Waals surface area contributed by atoms with E-state index in [4.69, 9.17) is 4.74 Å². The van der Waals surface area contributed by atoms with Crippen molar-refractivity contribution in [2.24, 2.45) is 0 Å². The van der Waals surface area contributed by atoms with E-state index in [1.54, 1.807) is 35.1 Å². The van der Waals surface area contributed by atoms with Gasteiger partial charge in [-0.15, -0.1) is 0 Å². The predicted octanol–water partition coefficient (Wildman–Crippen LogP) is 4.95. The molecule has 0 aromatic heterocycles. The molecule has 176 valence electrons. The highest BCUT2D eigenvalue weighted by molar-refractivity contribution is 5.97. The Morgan fingerprint density at radius 1 is 0.794 bits per heavy atom. The fourth-order valence-electron chi connectivity index (χ4n) is 4.70. The lowest BCUT2D eigenvalue weighted by atomic mass is 9.87. The van der Waals surface area contributed by atoms with Crippen molar-refractivity contribution in [2.45, 2.75) is 51.6 Å². The van der Waals surface area contributed by atoms with Crippen LogP contribution in [-0.4, -0.2) is 46.3 Å². The summed E-state index contributed by atoms with van der Waals surface area (Å²) >= 11 is 0. The van der Waals surface area contributed by atoms with Crippen LogP contribution in [0.1, 0.15) is 60.2 Å². The van der Waals surface area contributed by atoms with Crippen molar-refractivity contribution in [2.75, 3.05) is 6.61 Å². The molecule has 0 spiro atoms. The van der Waals surface area contributed by atoms with Gasteiger partial charge >= 0.3 is 5.97 Å². The van der Waals surface area contributed by atoms with Gasteiger partial charge in [-0.25, -0.2) is 4.79 Å². The molecule has 0 fully saturated rings. The summed E-state index contributed by atoms with van der Waals surface area (Å²) in [5, 5.41) is 0. The van der Waals surface area contributed by atoms with Crippen molar-refractivity contribution in [3.8, 4) is 0 Å². The molecule has 0 saturated heterocycles. The van der Waals surface area contributed by atoms with E-state index >= 15 is 0 Å². The van der Waals surface area contributed by atoms with Gasteiger partial charge in [-0.3, -0.25) is 9.59 Å². The summed E-state index contributed by atoms with van der Waals surface area (Å²) in [7, 11) is 0. The zero-order valence-corrected chi connectivity index (χ0v) is 19.6. The number of nitrogens with zero attached hydrogens (tertiary/aromatic N) is 2. The average molecular weight is 459 g/mol. The normalized spacial score (nSPS) is 20.3. The molecule has 0 bridgehead atoms. The van der Waals surface area contributed by atoms with Crippen LogP contribution in [0.25, 0.3) is 0 Å². The van der Waals surface area contributed by atoms with Gasteiger partial charge in [0.05, 0.1) is 24.3 Å². The number of carbonyl (C=O) groups excluding carboxylic acids is 3. The summed E-state index contributed by atoms with van der Waals surface area (Å²) < 4.78 is 5.21. The van der Waals surface area contributed by atoms with Gasteiger partial charge in [0.25, 0.3) is 11.8 Å². The molecule has 2 heterocycles. The first kappa shape index (κ1) is 23.5. The van der Waals surface area contributed by atoms with Crippen LogP contribution in [0.4, 0.5) is 0 Å². The van der Waals surface area contributed by atoms with Crippen molar-refractivity contribution in [3.05, 3.63) is 95.3 Å². The Balaban J connectivity index is 1.71. The number of carbonyl (C=O) groups is 3. The standard InChI is InChI=1S/C28H30N2O4/c1-3-34-28(33)23-15-17-25(30(19-23)27(32)22-12-8-5-9-13-22)24-16-14-20(2)18-29(24)26(31)21-10-6-4-7-11-21/h4-13,18-19,24-25H,3,14-17H2,1-2H3/t24-,25-/m1/s1. The van der Waals surface area contributed by atoms with E-state index in [-0.39, 0.29) is 30.5 Å². The highest BCUT2D eigenvalue weighted by Crippen LogP contribution is 2.33. The SMILES string of the molecule is CCOC(=O)C1=CN(C(=O)c2ccccc2)[C@@H]([C@H]2CCC(C)=CN2C(=O)c2ccccc2)CC1. The van der Waals surface area contributed by atoms with Gasteiger partial charge in [0.2, 0.25) is 0 Å². The summed E-state index contributed by atoms with van der Waals surface area (Å²) in [5.74, 6) is -0.675. The first-order valence-corrected chi connectivity index (χ1v) is 11.8. The third kappa shape index (κ3) is 4.96. The molecule has 2 aromatic carbocycles. The number of ether oxygens (including phenoxy) is 1. The van der Waals surface area contributed by atoms with Gasteiger partial charge in [0, 0.05) is 23.5 Å². The highest BCUT2D eigenvalue weighted by atomic mass is 16.5. The monoisotopic (exact) mass is 458 g/mol. The van der Waals surface area contributed by atoms with Crippen LogP contribution in [0.15, 0.2) is 84.2 Å². The van der Waals surface area contributed by atoms with Gasteiger partial charge in [-0.1, -0.05) is 42.0 Å². The van der Waals surface area contributed by atoms with E-state index in [0.717, 1.165) is 18.4 Å². The van der Waals surface area contributed by atoms with E-state index in [1.165, 1.54) is 0 Å². The van der Waals surface area contributed by atoms with Gasteiger partial charge in [0.1, 0.15) is 0 Å². The maximum atomic E-state index is 13.6. The molecule has 2 aliphatic heterocycles. The van der Waals surface area contributed by atoms with Gasteiger partial charge < -0.3 is 14.5 Å². The molecule has 0 N–H and O–H groups in total. The van der Waals surface area contributed by atoms with Crippen LogP contribution < -0.4 is 0 Å². The van der Waals surface area contributed by atoms with Crippen LogP contribution in [0.5, 0.6) is 0 Å². The zero-order valence-electron chi connectivity index (χ0n) is 19.6. The first-order chi connectivity index (χ1) is 16.5. The topological polar surface area (TPSA) is 66.9 Å². The number of benzene rings is 2. The second-order valence-electron chi connectivity index (χ2n) is 8.72. The molecule has 0 radical (unpaired) electrons. The summed E-state index contributed by atoms with van der Waals surface area (Å²) in [6.07, 6.45) is 6.21. The van der Waals surface area contributed by atoms with Crippen molar-refractivity contribution in [1.29, 1.82) is 0 Å². The zero-order chi connectivity index (χ0) is 24.1. The molecule has 0 unspecified atom stereocenters. The second-order valence-corrected chi connectivity index (χ2v) is 8.72. The van der Waals surface area contributed by atoms with Crippen LogP contribution in [0.2, 0.25) is 0 Å². The van der Waals surface area contributed by atoms with E-state index in [1.807, 2.05) is 61.7 Å². The number of hydrogen-bond donors (Lipinski definition) is 0. The van der Waals surface area contributed by atoms with Crippen molar-refractivity contribution in [3.63, 3.8) is 0 Å². The van der Waals surface area contributed by atoms with E-state index in [2.05, 4.69) is 0 Å². The molecule has 6 heteroatoms. The molecule has 34 heavy (non-hydrogen) atoms. The average Bonchev–Trinajstić information content (AvgIpc) is 2.88. The fourth-order valence-corrected chi connectivity index (χ4v) is 4.70. The van der Waals surface area contributed by atoms with E-state index in [9.17, 15) is 14.4 Å². The maximum absolute atomic E-state index is 13.6. The minimum absolute atomic E-state index is 0.0862. The summed E-state index contributed by atoms with van der Waals surface area (Å²) in [6, 6.07) is 17.8. The molecule has 2 aromatic rings. The Kier molecular flexibility index (Phi) is 7.26. The van der Waals surface area contributed by atoms with Crippen LogP contribution >= 0.6 is 0 Å². The third-order valence-electron chi connectivity index (χ3n) is 6.41. The Morgan fingerprint density at radius 3 is 1.82 bits per heavy atom. The summed E-state index contributed by atoms with van der Waals surface area (Å²) in [6.45, 7) is 4.06. The molecule has 2 atom stereocenters. The van der Waals surface area contributed by atoms with Crippen molar-refractivity contribution in [1.82, 2.24) is 9.80 Å². The van der Waals surface area contributed by atoms with Crippen molar-refractivity contribution >= 4 is 17.8 Å². The quantitative estimate of drug-likeness (QED) is 0.595. The Hall–Kier alpha value is -3.67. The highest BCUT2D eigenvalue weighted by Gasteiger charge is 2.40. The fraction of sp³-hybridized carbons (Fsp3) is 0.321. The van der Waals surface area contributed by atoms with E-state index in [0.29, 0.717) is 29.5 Å². The Bertz CT molecular complexity index is 1110. The van der Waals surface area contributed by atoms with Gasteiger partial charge in [0.15, 0.2) is 0 Å². The Morgan fingerprint density at radius 2 is 1.29 bits per heavy atom. The minimum Gasteiger partial charge on any atom is -0.463 e. The lowest BCUT2D eigenvalue weighted by Gasteiger charge is -2.44. The summed E-state index contributed by atoms with van der Waals surface area (Å²) in [5.41, 5.74) is 2.75. The molecule has 2 amide bonds. The van der Waals surface area contributed by atoms with Crippen LogP contribution in [-0.2, 0) is 9.53 Å². The molecule has 0 saturated carbocycles. The lowest BCUT2D eigenvalue weighted by Crippen LogP contribution is -2.54. The number of esters is 1. The number of rotatable bonds is 5. The van der Waals surface area contributed by atoms with Gasteiger partial charge in [-0.05, 0) is 63.8 Å². The predicted molar refractivity (Wildman–Crippen MR) is 130 cm³/mol. The third-order valence-corrected chi connectivity index (χ3v) is 6.41. The second kappa shape index (κ2) is 10.5. The largest absolute Gasteiger partial charge is 0.463 e. The summed E-state index contributed by atoms with van der Waals surface area (Å²) in [4.78, 5) is 43.0. The smallest absolute Gasteiger partial charge is 0.335 e. The first-order valence-electron chi connectivity index (χ1n) is 11.8. The molecular weight excluding hydrogens is 428 g/mol. The Labute approximate surface area is 200 Å². The minimum atomic E-state index is -0.400. The van der Waals surface area contributed by atoms with Crippen molar-refractivity contribution < 1.29 is 19.1 Å². The van der Waals surface area contributed by atoms with E-state index < -0.39 is 5.97 Å².